The average molecular weight is 233 g/mol. The Balaban J connectivity index is 2.31. The van der Waals surface area contributed by atoms with Crippen molar-refractivity contribution in [2.75, 3.05) is 7.11 Å². The van der Waals surface area contributed by atoms with Gasteiger partial charge in [0.1, 0.15) is 12.1 Å². The molecule has 0 spiro atoms. The fraction of sp³-hybridized carbons (Fsp3) is 0.231. The monoisotopic (exact) mass is 233 g/mol. The normalized spacial score (nSPS) is 10.4. The highest BCUT2D eigenvalue weighted by Crippen LogP contribution is 2.30. The van der Waals surface area contributed by atoms with Crippen LogP contribution in [0.25, 0.3) is 0 Å². The van der Waals surface area contributed by atoms with Crippen LogP contribution in [-0.4, -0.2) is 11.8 Å². The zero-order chi connectivity index (χ0) is 11.5. The maximum Gasteiger partial charge on any atom is 0.118 e. The molecule has 1 heterocycles. The second-order valence-electron chi connectivity index (χ2n) is 3.64. The van der Waals surface area contributed by atoms with E-state index in [0.717, 1.165) is 10.7 Å². The molecule has 3 heteroatoms. The summed E-state index contributed by atoms with van der Waals surface area (Å²) in [5.74, 6) is 0. The summed E-state index contributed by atoms with van der Waals surface area (Å²) in [6.07, 6.45) is 0. The van der Waals surface area contributed by atoms with Crippen LogP contribution in [0, 0.1) is 13.8 Å². The van der Waals surface area contributed by atoms with Crippen LogP contribution in [0.2, 0.25) is 0 Å². The first-order valence-corrected chi connectivity index (χ1v) is 6.00. The standard InChI is InChI=1S/C13H15NOS/c1-10-9-13(14(15-3)11(10)2)16-12-7-5-4-6-8-12/h4-9H,1-3H3. The SMILES string of the molecule is COn1c(Sc2ccccc2)cc(C)c1C. The van der Waals surface area contributed by atoms with Gasteiger partial charge in [-0.15, -0.1) is 0 Å². The Morgan fingerprint density at radius 3 is 2.44 bits per heavy atom. The summed E-state index contributed by atoms with van der Waals surface area (Å²) in [5, 5.41) is 1.11. The highest BCUT2D eigenvalue weighted by Gasteiger charge is 2.10. The molecule has 16 heavy (non-hydrogen) atoms. The molecular weight excluding hydrogens is 218 g/mol. The summed E-state index contributed by atoms with van der Waals surface area (Å²) in [4.78, 5) is 6.59. The Hall–Kier alpha value is -1.35. The number of hydrogen-bond donors (Lipinski definition) is 0. The number of hydrogen-bond acceptors (Lipinski definition) is 2. The molecule has 0 saturated heterocycles. The van der Waals surface area contributed by atoms with Crippen molar-refractivity contribution in [1.29, 1.82) is 0 Å². The minimum atomic E-state index is 1.11. The zero-order valence-electron chi connectivity index (χ0n) is 9.73. The van der Waals surface area contributed by atoms with Crippen LogP contribution in [0.3, 0.4) is 0 Å². The van der Waals surface area contributed by atoms with Gasteiger partial charge in [0.2, 0.25) is 0 Å². The van der Waals surface area contributed by atoms with Gasteiger partial charge in [-0.2, -0.15) is 4.73 Å². The molecule has 0 saturated carbocycles. The fourth-order valence-electron chi connectivity index (χ4n) is 1.58. The number of aryl methyl sites for hydroxylation is 1. The fourth-order valence-corrected chi connectivity index (χ4v) is 2.65. The number of benzene rings is 1. The third kappa shape index (κ3) is 2.09. The minimum absolute atomic E-state index is 1.11. The molecule has 2 aromatic rings. The summed E-state index contributed by atoms with van der Waals surface area (Å²) >= 11 is 1.71. The first kappa shape index (κ1) is 11.1. The molecule has 0 radical (unpaired) electrons. The topological polar surface area (TPSA) is 14.2 Å². The molecule has 0 amide bonds. The van der Waals surface area contributed by atoms with E-state index in [1.54, 1.807) is 18.9 Å². The molecular formula is C13H15NOS. The quantitative estimate of drug-likeness (QED) is 0.807. The van der Waals surface area contributed by atoms with Gasteiger partial charge in [-0.05, 0) is 37.6 Å². The van der Waals surface area contributed by atoms with Crippen molar-refractivity contribution in [3.05, 3.63) is 47.7 Å². The van der Waals surface area contributed by atoms with E-state index < -0.39 is 0 Å². The lowest BCUT2D eigenvalue weighted by Gasteiger charge is -2.08. The highest BCUT2D eigenvalue weighted by atomic mass is 32.2. The van der Waals surface area contributed by atoms with Crippen LogP contribution in [0.1, 0.15) is 11.3 Å². The predicted molar refractivity (Wildman–Crippen MR) is 67.0 cm³/mol. The maximum absolute atomic E-state index is 5.36. The molecule has 84 valence electrons. The van der Waals surface area contributed by atoms with E-state index >= 15 is 0 Å². The van der Waals surface area contributed by atoms with Crippen LogP contribution in [0.5, 0.6) is 0 Å². The van der Waals surface area contributed by atoms with E-state index in [1.807, 2.05) is 22.9 Å². The van der Waals surface area contributed by atoms with Crippen LogP contribution < -0.4 is 4.84 Å². The third-order valence-corrected chi connectivity index (χ3v) is 3.56. The zero-order valence-corrected chi connectivity index (χ0v) is 10.5. The predicted octanol–water partition coefficient (Wildman–Crippen LogP) is 3.31. The van der Waals surface area contributed by atoms with Crippen LogP contribution >= 0.6 is 11.8 Å². The lowest BCUT2D eigenvalue weighted by atomic mass is 10.3. The highest BCUT2D eigenvalue weighted by molar-refractivity contribution is 7.99. The van der Waals surface area contributed by atoms with Gasteiger partial charge in [0.15, 0.2) is 0 Å². The van der Waals surface area contributed by atoms with E-state index in [2.05, 4.69) is 32.0 Å². The summed E-state index contributed by atoms with van der Waals surface area (Å²) in [6, 6.07) is 12.5. The summed E-state index contributed by atoms with van der Waals surface area (Å²) < 4.78 is 1.87. The van der Waals surface area contributed by atoms with E-state index in [1.165, 1.54) is 10.5 Å². The number of aromatic nitrogens is 1. The molecule has 1 aromatic heterocycles. The average Bonchev–Trinajstić information content (AvgIpc) is 2.56. The van der Waals surface area contributed by atoms with Gasteiger partial charge < -0.3 is 4.84 Å². The second kappa shape index (κ2) is 4.66. The molecule has 0 bridgehead atoms. The molecule has 0 atom stereocenters. The van der Waals surface area contributed by atoms with Crippen molar-refractivity contribution in [2.45, 2.75) is 23.8 Å². The summed E-state index contributed by atoms with van der Waals surface area (Å²) in [6.45, 7) is 4.16. The lowest BCUT2D eigenvalue weighted by Crippen LogP contribution is -2.08. The minimum Gasteiger partial charge on any atom is -0.416 e. The molecule has 1 aromatic carbocycles. The van der Waals surface area contributed by atoms with Crippen molar-refractivity contribution >= 4 is 11.8 Å². The van der Waals surface area contributed by atoms with Crippen LogP contribution in [0.4, 0.5) is 0 Å². The Labute approximate surface area is 100 Å². The van der Waals surface area contributed by atoms with Crippen molar-refractivity contribution in [1.82, 2.24) is 4.73 Å². The Kier molecular flexibility index (Phi) is 3.25. The van der Waals surface area contributed by atoms with Gasteiger partial charge in [-0.1, -0.05) is 30.0 Å². The van der Waals surface area contributed by atoms with Gasteiger partial charge in [0, 0.05) is 4.90 Å². The Bertz CT molecular complexity index is 476. The van der Waals surface area contributed by atoms with Gasteiger partial charge in [-0.3, -0.25) is 0 Å². The first-order valence-electron chi connectivity index (χ1n) is 5.18. The molecule has 0 aliphatic heterocycles. The largest absolute Gasteiger partial charge is 0.416 e. The molecule has 0 fully saturated rings. The van der Waals surface area contributed by atoms with Crippen molar-refractivity contribution in [2.24, 2.45) is 0 Å². The van der Waals surface area contributed by atoms with Crippen LogP contribution in [0.15, 0.2) is 46.3 Å². The summed E-state index contributed by atoms with van der Waals surface area (Å²) in [5.41, 5.74) is 2.40. The van der Waals surface area contributed by atoms with E-state index in [9.17, 15) is 0 Å². The first-order chi connectivity index (χ1) is 7.72. The van der Waals surface area contributed by atoms with Crippen LogP contribution in [-0.2, 0) is 0 Å². The molecule has 2 rings (SSSR count). The molecule has 0 aliphatic carbocycles. The Morgan fingerprint density at radius 1 is 1.12 bits per heavy atom. The smallest absolute Gasteiger partial charge is 0.118 e. The van der Waals surface area contributed by atoms with Gasteiger partial charge in [0.25, 0.3) is 0 Å². The maximum atomic E-state index is 5.36. The lowest BCUT2D eigenvalue weighted by molar-refractivity contribution is 0.142. The van der Waals surface area contributed by atoms with Gasteiger partial charge in [-0.25, -0.2) is 0 Å². The third-order valence-electron chi connectivity index (χ3n) is 2.56. The van der Waals surface area contributed by atoms with Gasteiger partial charge >= 0.3 is 0 Å². The van der Waals surface area contributed by atoms with Crippen molar-refractivity contribution < 1.29 is 4.84 Å². The van der Waals surface area contributed by atoms with Crippen molar-refractivity contribution in [3.63, 3.8) is 0 Å². The number of nitrogens with zero attached hydrogens (tertiary/aromatic N) is 1. The molecule has 0 aliphatic rings. The van der Waals surface area contributed by atoms with E-state index in [-0.39, 0.29) is 0 Å². The number of rotatable bonds is 3. The van der Waals surface area contributed by atoms with Crippen molar-refractivity contribution in [3.8, 4) is 0 Å². The molecule has 0 N–H and O–H groups in total. The molecule has 0 unspecified atom stereocenters. The Morgan fingerprint density at radius 2 is 1.81 bits per heavy atom. The molecule has 2 nitrogen and oxygen atoms in total. The van der Waals surface area contributed by atoms with Gasteiger partial charge in [0.05, 0.1) is 5.69 Å². The second-order valence-corrected chi connectivity index (χ2v) is 4.74. The van der Waals surface area contributed by atoms with E-state index in [0.29, 0.717) is 0 Å². The summed E-state index contributed by atoms with van der Waals surface area (Å²) in [7, 11) is 1.70. The van der Waals surface area contributed by atoms with E-state index in [4.69, 9.17) is 4.84 Å².